The number of fused-ring (bicyclic) bond motifs is 1. The fraction of sp³-hybridized carbons (Fsp3) is 0.250. The first kappa shape index (κ1) is 7.80. The van der Waals surface area contributed by atoms with E-state index < -0.39 is 0 Å². The van der Waals surface area contributed by atoms with Crippen LogP contribution in [0.15, 0.2) is 30.5 Å². The molecule has 2 aromatic rings. The lowest BCUT2D eigenvalue weighted by molar-refractivity contribution is 0.112. The lowest BCUT2D eigenvalue weighted by Crippen LogP contribution is -1.90. The van der Waals surface area contributed by atoms with Crippen molar-refractivity contribution in [3.63, 3.8) is 0 Å². The summed E-state index contributed by atoms with van der Waals surface area (Å²) in [4.78, 5) is 10.6. The molecule has 3 rings (SSSR count). The molecule has 1 aromatic carbocycles. The molecule has 0 aliphatic heterocycles. The zero-order chi connectivity index (χ0) is 9.54. The van der Waals surface area contributed by atoms with Crippen LogP contribution in [0.5, 0.6) is 0 Å². The smallest absolute Gasteiger partial charge is 0.150 e. The van der Waals surface area contributed by atoms with Crippen LogP contribution < -0.4 is 0 Å². The van der Waals surface area contributed by atoms with Gasteiger partial charge in [-0.15, -0.1) is 0 Å². The number of aldehydes is 1. The van der Waals surface area contributed by atoms with Crippen molar-refractivity contribution in [1.82, 2.24) is 4.57 Å². The summed E-state index contributed by atoms with van der Waals surface area (Å²) < 4.78 is 2.31. The topological polar surface area (TPSA) is 22.0 Å². The maximum Gasteiger partial charge on any atom is 0.150 e. The molecule has 0 radical (unpaired) electrons. The molecule has 0 saturated heterocycles. The van der Waals surface area contributed by atoms with Gasteiger partial charge in [0.25, 0.3) is 0 Å². The van der Waals surface area contributed by atoms with Crippen molar-refractivity contribution < 1.29 is 4.79 Å². The fourth-order valence-corrected chi connectivity index (χ4v) is 1.93. The standard InChI is InChI=1S/C12H11NO/c14-8-9-1-4-12-10(7-9)5-6-13(12)11-2-3-11/h1,4-8,11H,2-3H2. The normalized spacial score (nSPS) is 16.0. The van der Waals surface area contributed by atoms with Crippen molar-refractivity contribution in [3.05, 3.63) is 36.0 Å². The summed E-state index contributed by atoms with van der Waals surface area (Å²) in [6.45, 7) is 0. The Morgan fingerprint density at radius 3 is 2.86 bits per heavy atom. The fourth-order valence-electron chi connectivity index (χ4n) is 1.93. The number of nitrogens with zero attached hydrogens (tertiary/aromatic N) is 1. The van der Waals surface area contributed by atoms with E-state index in [1.165, 1.54) is 23.7 Å². The summed E-state index contributed by atoms with van der Waals surface area (Å²) in [5, 5.41) is 1.17. The maximum atomic E-state index is 10.6. The highest BCUT2D eigenvalue weighted by Crippen LogP contribution is 2.37. The van der Waals surface area contributed by atoms with E-state index >= 15 is 0 Å². The van der Waals surface area contributed by atoms with Crippen molar-refractivity contribution in [3.8, 4) is 0 Å². The Bertz CT molecular complexity index is 494. The Balaban J connectivity index is 2.21. The van der Waals surface area contributed by atoms with Gasteiger partial charge in [0, 0.05) is 28.7 Å². The zero-order valence-corrected chi connectivity index (χ0v) is 7.81. The highest BCUT2D eigenvalue weighted by atomic mass is 16.1. The summed E-state index contributed by atoms with van der Waals surface area (Å²) in [6.07, 6.45) is 5.60. The third-order valence-corrected chi connectivity index (χ3v) is 2.82. The number of rotatable bonds is 2. The van der Waals surface area contributed by atoms with Crippen molar-refractivity contribution in [2.45, 2.75) is 18.9 Å². The van der Waals surface area contributed by atoms with E-state index in [1.54, 1.807) is 0 Å². The Kier molecular flexibility index (Phi) is 1.51. The average Bonchev–Trinajstić information content (AvgIpc) is 2.98. The molecule has 1 aliphatic rings. The molecule has 2 nitrogen and oxygen atoms in total. The van der Waals surface area contributed by atoms with E-state index in [9.17, 15) is 4.79 Å². The third kappa shape index (κ3) is 1.07. The second-order valence-electron chi connectivity index (χ2n) is 3.89. The van der Waals surface area contributed by atoms with Crippen molar-refractivity contribution in [1.29, 1.82) is 0 Å². The molecule has 0 amide bonds. The summed E-state index contributed by atoms with van der Waals surface area (Å²) in [5.74, 6) is 0. The van der Waals surface area contributed by atoms with Crippen LogP contribution >= 0.6 is 0 Å². The second-order valence-corrected chi connectivity index (χ2v) is 3.89. The largest absolute Gasteiger partial charge is 0.344 e. The first-order valence-electron chi connectivity index (χ1n) is 4.94. The minimum absolute atomic E-state index is 0.703. The quantitative estimate of drug-likeness (QED) is 0.659. The molecule has 0 unspecified atom stereocenters. The monoisotopic (exact) mass is 185 g/mol. The van der Waals surface area contributed by atoms with Crippen LogP contribution in [-0.2, 0) is 0 Å². The predicted molar refractivity (Wildman–Crippen MR) is 55.6 cm³/mol. The number of aromatic nitrogens is 1. The van der Waals surface area contributed by atoms with E-state index in [2.05, 4.69) is 16.8 Å². The molecule has 0 atom stereocenters. The van der Waals surface area contributed by atoms with Gasteiger partial charge in [-0.1, -0.05) is 0 Å². The van der Waals surface area contributed by atoms with Crippen LogP contribution in [0.25, 0.3) is 10.9 Å². The van der Waals surface area contributed by atoms with Gasteiger partial charge in [-0.3, -0.25) is 4.79 Å². The van der Waals surface area contributed by atoms with Gasteiger partial charge in [0.15, 0.2) is 0 Å². The summed E-state index contributed by atoms with van der Waals surface area (Å²) in [6, 6.07) is 8.66. The Morgan fingerprint density at radius 1 is 1.29 bits per heavy atom. The minimum atomic E-state index is 0.703. The van der Waals surface area contributed by atoms with E-state index in [-0.39, 0.29) is 0 Å². The van der Waals surface area contributed by atoms with Gasteiger partial charge in [0.2, 0.25) is 0 Å². The van der Waals surface area contributed by atoms with Crippen LogP contribution in [-0.4, -0.2) is 10.9 Å². The predicted octanol–water partition coefficient (Wildman–Crippen LogP) is 2.79. The Morgan fingerprint density at radius 2 is 2.14 bits per heavy atom. The number of hydrogen-bond acceptors (Lipinski definition) is 1. The van der Waals surface area contributed by atoms with E-state index in [0.29, 0.717) is 6.04 Å². The Hall–Kier alpha value is -1.57. The molecule has 2 heteroatoms. The van der Waals surface area contributed by atoms with Crippen LogP contribution in [0.4, 0.5) is 0 Å². The van der Waals surface area contributed by atoms with Crippen LogP contribution in [0, 0.1) is 0 Å². The molecule has 1 fully saturated rings. The summed E-state index contributed by atoms with van der Waals surface area (Å²) in [5.41, 5.74) is 2.00. The van der Waals surface area contributed by atoms with Crippen LogP contribution in [0.3, 0.4) is 0 Å². The third-order valence-electron chi connectivity index (χ3n) is 2.82. The SMILES string of the molecule is O=Cc1ccc2c(ccn2C2CC2)c1. The molecule has 1 heterocycles. The molecular weight excluding hydrogens is 174 g/mol. The van der Waals surface area contributed by atoms with Gasteiger partial charge in [-0.25, -0.2) is 0 Å². The molecule has 1 aromatic heterocycles. The number of carbonyl (C=O) groups excluding carboxylic acids is 1. The van der Waals surface area contributed by atoms with Gasteiger partial charge < -0.3 is 4.57 Å². The first-order chi connectivity index (χ1) is 6.88. The van der Waals surface area contributed by atoms with Crippen LogP contribution in [0.1, 0.15) is 29.2 Å². The lowest BCUT2D eigenvalue weighted by Gasteiger charge is -2.01. The maximum absolute atomic E-state index is 10.6. The lowest BCUT2D eigenvalue weighted by atomic mass is 10.2. The molecular formula is C12H11NO. The molecule has 0 spiro atoms. The van der Waals surface area contributed by atoms with Gasteiger partial charge >= 0.3 is 0 Å². The zero-order valence-electron chi connectivity index (χ0n) is 7.81. The van der Waals surface area contributed by atoms with Gasteiger partial charge in [-0.2, -0.15) is 0 Å². The first-order valence-corrected chi connectivity index (χ1v) is 4.94. The molecule has 0 bridgehead atoms. The van der Waals surface area contributed by atoms with Gasteiger partial charge in [-0.05, 0) is 37.1 Å². The highest BCUT2D eigenvalue weighted by Gasteiger charge is 2.24. The van der Waals surface area contributed by atoms with Crippen LogP contribution in [0.2, 0.25) is 0 Å². The Labute approximate surface area is 82.1 Å². The van der Waals surface area contributed by atoms with E-state index in [0.717, 1.165) is 11.8 Å². The minimum Gasteiger partial charge on any atom is -0.344 e. The van der Waals surface area contributed by atoms with Crippen molar-refractivity contribution in [2.75, 3.05) is 0 Å². The number of benzene rings is 1. The summed E-state index contributed by atoms with van der Waals surface area (Å²) >= 11 is 0. The molecule has 14 heavy (non-hydrogen) atoms. The van der Waals surface area contributed by atoms with Crippen molar-refractivity contribution in [2.24, 2.45) is 0 Å². The van der Waals surface area contributed by atoms with Crippen molar-refractivity contribution >= 4 is 17.2 Å². The van der Waals surface area contributed by atoms with Gasteiger partial charge in [0.05, 0.1) is 0 Å². The van der Waals surface area contributed by atoms with E-state index in [4.69, 9.17) is 0 Å². The molecule has 70 valence electrons. The molecule has 0 N–H and O–H groups in total. The van der Waals surface area contributed by atoms with E-state index in [1.807, 2.05) is 18.2 Å². The molecule has 1 aliphatic carbocycles. The number of hydrogen-bond donors (Lipinski definition) is 0. The van der Waals surface area contributed by atoms with Gasteiger partial charge in [0.1, 0.15) is 6.29 Å². The molecule has 1 saturated carbocycles. The highest BCUT2D eigenvalue weighted by molar-refractivity contribution is 5.87. The second kappa shape index (κ2) is 2.71. The summed E-state index contributed by atoms with van der Waals surface area (Å²) in [7, 11) is 0. The average molecular weight is 185 g/mol. The number of carbonyl (C=O) groups is 1.